The summed E-state index contributed by atoms with van der Waals surface area (Å²) < 4.78 is 0. The molecule has 3 heterocycles. The SMILES string of the molecule is CCCNc1cncc(N2CCN3CCCC3C2)n1. The molecule has 0 saturated carbocycles. The molecule has 1 N–H and O–H groups in total. The van der Waals surface area contributed by atoms with E-state index in [1.165, 1.54) is 25.9 Å². The van der Waals surface area contributed by atoms with Gasteiger partial charge in [0.25, 0.3) is 0 Å². The molecule has 0 aromatic carbocycles. The number of nitrogens with zero attached hydrogens (tertiary/aromatic N) is 4. The average molecular weight is 261 g/mol. The number of fused-ring (bicyclic) bond motifs is 1. The van der Waals surface area contributed by atoms with E-state index in [9.17, 15) is 0 Å². The predicted octanol–water partition coefficient (Wildman–Crippen LogP) is 1.58. The minimum Gasteiger partial charge on any atom is -0.369 e. The fourth-order valence-electron chi connectivity index (χ4n) is 3.05. The summed E-state index contributed by atoms with van der Waals surface area (Å²) in [5.41, 5.74) is 0. The van der Waals surface area contributed by atoms with Gasteiger partial charge in [0.15, 0.2) is 0 Å². The van der Waals surface area contributed by atoms with Crippen LogP contribution in [0, 0.1) is 0 Å². The van der Waals surface area contributed by atoms with E-state index in [0.717, 1.165) is 43.7 Å². The first kappa shape index (κ1) is 12.7. The van der Waals surface area contributed by atoms with Crippen LogP contribution in [-0.4, -0.2) is 53.6 Å². The van der Waals surface area contributed by atoms with Crippen molar-refractivity contribution in [2.75, 3.05) is 42.9 Å². The van der Waals surface area contributed by atoms with Crippen molar-refractivity contribution in [3.05, 3.63) is 12.4 Å². The lowest BCUT2D eigenvalue weighted by Gasteiger charge is -2.38. The number of piperazine rings is 1. The highest BCUT2D eigenvalue weighted by atomic mass is 15.3. The Kier molecular flexibility index (Phi) is 3.82. The maximum absolute atomic E-state index is 4.68. The molecule has 1 aromatic heterocycles. The van der Waals surface area contributed by atoms with Crippen molar-refractivity contribution in [3.8, 4) is 0 Å². The second kappa shape index (κ2) is 5.74. The molecule has 1 atom stereocenters. The standard InChI is InChI=1S/C14H23N5/c1-2-5-16-13-9-15-10-14(17-13)19-8-7-18-6-3-4-12(18)11-19/h9-10,12H,2-8,11H2,1H3,(H,16,17). The lowest BCUT2D eigenvalue weighted by atomic mass is 10.1. The van der Waals surface area contributed by atoms with Crippen LogP contribution in [0.1, 0.15) is 26.2 Å². The van der Waals surface area contributed by atoms with Gasteiger partial charge in [-0.25, -0.2) is 4.98 Å². The smallest absolute Gasteiger partial charge is 0.149 e. The van der Waals surface area contributed by atoms with E-state index >= 15 is 0 Å². The van der Waals surface area contributed by atoms with Crippen LogP contribution in [0.5, 0.6) is 0 Å². The van der Waals surface area contributed by atoms with Gasteiger partial charge in [-0.1, -0.05) is 6.92 Å². The molecule has 2 aliphatic rings. The van der Waals surface area contributed by atoms with E-state index in [1.807, 2.05) is 12.4 Å². The Labute approximate surface area is 115 Å². The van der Waals surface area contributed by atoms with Gasteiger partial charge >= 0.3 is 0 Å². The summed E-state index contributed by atoms with van der Waals surface area (Å²) in [6, 6.07) is 0.725. The van der Waals surface area contributed by atoms with Crippen LogP contribution in [0.25, 0.3) is 0 Å². The Morgan fingerprint density at radius 2 is 2.26 bits per heavy atom. The first-order valence-corrected chi connectivity index (χ1v) is 7.41. The van der Waals surface area contributed by atoms with Gasteiger partial charge in [-0.3, -0.25) is 9.88 Å². The van der Waals surface area contributed by atoms with E-state index in [-0.39, 0.29) is 0 Å². The Hall–Kier alpha value is -1.36. The first-order chi connectivity index (χ1) is 9.36. The van der Waals surface area contributed by atoms with Gasteiger partial charge in [0.1, 0.15) is 11.6 Å². The highest BCUT2D eigenvalue weighted by Crippen LogP contribution is 2.24. The molecule has 2 aliphatic heterocycles. The van der Waals surface area contributed by atoms with Crippen molar-refractivity contribution in [1.29, 1.82) is 0 Å². The Morgan fingerprint density at radius 1 is 1.32 bits per heavy atom. The molecule has 5 nitrogen and oxygen atoms in total. The third kappa shape index (κ3) is 2.81. The van der Waals surface area contributed by atoms with Crippen molar-refractivity contribution in [2.45, 2.75) is 32.2 Å². The van der Waals surface area contributed by atoms with E-state index in [1.54, 1.807) is 0 Å². The van der Waals surface area contributed by atoms with Crippen LogP contribution in [0.4, 0.5) is 11.6 Å². The van der Waals surface area contributed by atoms with Gasteiger partial charge in [-0.2, -0.15) is 0 Å². The van der Waals surface area contributed by atoms with Crippen molar-refractivity contribution in [2.24, 2.45) is 0 Å². The van der Waals surface area contributed by atoms with Crippen molar-refractivity contribution < 1.29 is 0 Å². The molecule has 0 radical (unpaired) electrons. The van der Waals surface area contributed by atoms with Crippen LogP contribution in [0.3, 0.4) is 0 Å². The molecule has 0 bridgehead atoms. The third-order valence-electron chi connectivity index (χ3n) is 4.09. The molecule has 2 fully saturated rings. The predicted molar refractivity (Wildman–Crippen MR) is 77.6 cm³/mol. The molecule has 104 valence electrons. The van der Waals surface area contributed by atoms with E-state index < -0.39 is 0 Å². The summed E-state index contributed by atoms with van der Waals surface area (Å²) in [5, 5.41) is 3.31. The number of rotatable bonds is 4. The van der Waals surface area contributed by atoms with Crippen LogP contribution < -0.4 is 10.2 Å². The highest BCUT2D eigenvalue weighted by molar-refractivity contribution is 5.44. The van der Waals surface area contributed by atoms with E-state index in [2.05, 4.69) is 32.0 Å². The van der Waals surface area contributed by atoms with E-state index in [0.29, 0.717) is 0 Å². The quantitative estimate of drug-likeness (QED) is 0.891. The molecule has 3 rings (SSSR count). The molecular formula is C14H23N5. The van der Waals surface area contributed by atoms with Gasteiger partial charge in [0.05, 0.1) is 12.4 Å². The first-order valence-electron chi connectivity index (χ1n) is 7.41. The number of anilines is 2. The molecule has 0 aliphatic carbocycles. The zero-order valence-corrected chi connectivity index (χ0v) is 11.7. The van der Waals surface area contributed by atoms with Crippen molar-refractivity contribution in [1.82, 2.24) is 14.9 Å². The van der Waals surface area contributed by atoms with Gasteiger partial charge in [-0.15, -0.1) is 0 Å². The number of hydrogen-bond acceptors (Lipinski definition) is 5. The molecule has 2 saturated heterocycles. The zero-order chi connectivity index (χ0) is 13.1. The zero-order valence-electron chi connectivity index (χ0n) is 11.7. The van der Waals surface area contributed by atoms with Gasteiger partial charge in [0.2, 0.25) is 0 Å². The van der Waals surface area contributed by atoms with Gasteiger partial charge in [-0.05, 0) is 25.8 Å². The molecule has 19 heavy (non-hydrogen) atoms. The maximum Gasteiger partial charge on any atom is 0.149 e. The monoisotopic (exact) mass is 261 g/mol. The van der Waals surface area contributed by atoms with Gasteiger partial charge < -0.3 is 10.2 Å². The minimum atomic E-state index is 0.725. The van der Waals surface area contributed by atoms with Crippen molar-refractivity contribution >= 4 is 11.6 Å². The number of hydrogen-bond donors (Lipinski definition) is 1. The summed E-state index contributed by atoms with van der Waals surface area (Å²) >= 11 is 0. The lowest BCUT2D eigenvalue weighted by Crippen LogP contribution is -2.50. The average Bonchev–Trinajstić information content (AvgIpc) is 2.92. The second-order valence-corrected chi connectivity index (χ2v) is 5.47. The largest absolute Gasteiger partial charge is 0.369 e. The Balaban J connectivity index is 1.68. The van der Waals surface area contributed by atoms with E-state index in [4.69, 9.17) is 0 Å². The summed E-state index contributed by atoms with van der Waals surface area (Å²) in [6.07, 6.45) is 7.49. The fourth-order valence-corrected chi connectivity index (χ4v) is 3.05. The van der Waals surface area contributed by atoms with Crippen LogP contribution in [0.15, 0.2) is 12.4 Å². The fraction of sp³-hybridized carbons (Fsp3) is 0.714. The molecule has 1 unspecified atom stereocenters. The molecule has 0 amide bonds. The third-order valence-corrected chi connectivity index (χ3v) is 4.09. The summed E-state index contributed by atoms with van der Waals surface area (Å²) in [4.78, 5) is 14.0. The van der Waals surface area contributed by atoms with Crippen LogP contribution >= 0.6 is 0 Å². The summed E-state index contributed by atoms with van der Waals surface area (Å²) in [5.74, 6) is 1.92. The van der Waals surface area contributed by atoms with Crippen LogP contribution in [-0.2, 0) is 0 Å². The topological polar surface area (TPSA) is 44.3 Å². The van der Waals surface area contributed by atoms with Crippen LogP contribution in [0.2, 0.25) is 0 Å². The maximum atomic E-state index is 4.68. The molecule has 1 aromatic rings. The Morgan fingerprint density at radius 3 is 3.16 bits per heavy atom. The highest BCUT2D eigenvalue weighted by Gasteiger charge is 2.31. The summed E-state index contributed by atoms with van der Waals surface area (Å²) in [7, 11) is 0. The minimum absolute atomic E-state index is 0.725. The molecule has 5 heteroatoms. The summed E-state index contributed by atoms with van der Waals surface area (Å²) in [6.45, 7) is 7.73. The normalized spacial score (nSPS) is 23.4. The van der Waals surface area contributed by atoms with Crippen molar-refractivity contribution in [3.63, 3.8) is 0 Å². The number of aromatic nitrogens is 2. The van der Waals surface area contributed by atoms with Gasteiger partial charge in [0, 0.05) is 32.2 Å². The molecule has 0 spiro atoms. The molecular weight excluding hydrogens is 238 g/mol. The second-order valence-electron chi connectivity index (χ2n) is 5.47. The lowest BCUT2D eigenvalue weighted by molar-refractivity contribution is 0.230. The number of nitrogens with one attached hydrogen (secondary N) is 1. The Bertz CT molecular complexity index is 422.